The highest BCUT2D eigenvalue weighted by Crippen LogP contribution is 2.26. The molecule has 29 heavy (non-hydrogen) atoms. The monoisotopic (exact) mass is 406 g/mol. The van der Waals surface area contributed by atoms with Crippen LogP contribution in [0.1, 0.15) is 16.7 Å². The van der Waals surface area contributed by atoms with Gasteiger partial charge >= 0.3 is 5.69 Å². The van der Waals surface area contributed by atoms with E-state index in [9.17, 15) is 9.59 Å². The third kappa shape index (κ3) is 3.65. The predicted octanol–water partition coefficient (Wildman–Crippen LogP) is 3.08. The maximum absolute atomic E-state index is 12.9. The summed E-state index contributed by atoms with van der Waals surface area (Å²) in [5.41, 5.74) is 3.60. The molecule has 0 atom stereocenters. The Hall–Kier alpha value is -3.06. The van der Waals surface area contributed by atoms with E-state index in [1.807, 2.05) is 29.7 Å². The quantitative estimate of drug-likeness (QED) is 0.478. The maximum Gasteiger partial charge on any atom is 0.332 e. The van der Waals surface area contributed by atoms with Gasteiger partial charge in [-0.15, -0.1) is 0 Å². The second kappa shape index (κ2) is 7.75. The van der Waals surface area contributed by atoms with Crippen LogP contribution < -0.4 is 11.2 Å². The largest absolute Gasteiger partial charge is 0.332 e. The molecular weight excluding hydrogens is 384 g/mol. The number of imidazole rings is 1. The summed E-state index contributed by atoms with van der Waals surface area (Å²) in [7, 11) is 3.16. The first kappa shape index (κ1) is 19.3. The molecule has 4 aromatic rings. The molecule has 2 aromatic carbocycles. The van der Waals surface area contributed by atoms with Crippen molar-refractivity contribution in [2.24, 2.45) is 14.1 Å². The van der Waals surface area contributed by atoms with Crippen molar-refractivity contribution in [3.05, 3.63) is 92.1 Å². The van der Waals surface area contributed by atoms with Gasteiger partial charge in [0.1, 0.15) is 0 Å². The summed E-state index contributed by atoms with van der Waals surface area (Å²) in [6, 6.07) is 18.3. The third-order valence-corrected chi connectivity index (χ3v) is 6.03. The summed E-state index contributed by atoms with van der Waals surface area (Å²) in [4.78, 5) is 30.0. The Morgan fingerprint density at radius 1 is 0.897 bits per heavy atom. The van der Waals surface area contributed by atoms with Crippen LogP contribution in [0.2, 0.25) is 0 Å². The minimum Gasteiger partial charge on any atom is -0.309 e. The maximum atomic E-state index is 12.9. The topological polar surface area (TPSA) is 61.8 Å². The zero-order valence-corrected chi connectivity index (χ0v) is 17.4. The van der Waals surface area contributed by atoms with Gasteiger partial charge in [0, 0.05) is 19.8 Å². The average molecular weight is 407 g/mol. The molecule has 0 unspecified atom stereocenters. The summed E-state index contributed by atoms with van der Waals surface area (Å²) in [5, 5.41) is 0.725. The minimum absolute atomic E-state index is 0.325. The molecule has 2 aromatic heterocycles. The van der Waals surface area contributed by atoms with Crippen molar-refractivity contribution in [1.29, 1.82) is 0 Å². The van der Waals surface area contributed by atoms with Gasteiger partial charge in [0.05, 0.1) is 6.54 Å². The number of hydrogen-bond acceptors (Lipinski definition) is 4. The molecule has 0 aliphatic carbocycles. The van der Waals surface area contributed by atoms with Gasteiger partial charge in [0.25, 0.3) is 5.56 Å². The van der Waals surface area contributed by atoms with Crippen molar-refractivity contribution >= 4 is 22.9 Å². The molecule has 148 valence electrons. The van der Waals surface area contributed by atoms with Gasteiger partial charge in [0.15, 0.2) is 16.3 Å². The lowest BCUT2D eigenvalue weighted by atomic mass is 10.1. The van der Waals surface area contributed by atoms with Crippen molar-refractivity contribution < 1.29 is 0 Å². The zero-order valence-electron chi connectivity index (χ0n) is 16.6. The van der Waals surface area contributed by atoms with Crippen LogP contribution >= 0.6 is 11.8 Å². The molecule has 0 N–H and O–H groups in total. The summed E-state index contributed by atoms with van der Waals surface area (Å²) in [6.45, 7) is 2.56. The highest BCUT2D eigenvalue weighted by Gasteiger charge is 2.19. The van der Waals surface area contributed by atoms with Gasteiger partial charge in [-0.25, -0.2) is 9.78 Å². The molecule has 0 aliphatic rings. The first-order valence-electron chi connectivity index (χ1n) is 9.34. The second-order valence-corrected chi connectivity index (χ2v) is 8.06. The summed E-state index contributed by atoms with van der Waals surface area (Å²) in [5.74, 6) is 0.728. The molecular formula is C22H22N4O2S. The Kier molecular flexibility index (Phi) is 5.15. The van der Waals surface area contributed by atoms with E-state index in [0.717, 1.165) is 21.0 Å². The van der Waals surface area contributed by atoms with E-state index in [2.05, 4.69) is 41.4 Å². The van der Waals surface area contributed by atoms with Crippen molar-refractivity contribution in [2.75, 3.05) is 0 Å². The molecule has 0 amide bonds. The van der Waals surface area contributed by atoms with Crippen molar-refractivity contribution in [3.63, 3.8) is 0 Å². The van der Waals surface area contributed by atoms with Crippen LogP contribution in [0.3, 0.4) is 0 Å². The van der Waals surface area contributed by atoms with E-state index in [4.69, 9.17) is 0 Å². The lowest BCUT2D eigenvalue weighted by Gasteiger charge is -2.10. The highest BCUT2D eigenvalue weighted by molar-refractivity contribution is 7.98. The molecule has 0 saturated carbocycles. The van der Waals surface area contributed by atoms with Gasteiger partial charge in [-0.3, -0.25) is 13.9 Å². The standard InChI is InChI=1S/C22H22N4O2S/c1-15-9-11-16(12-10-15)13-26-18-19(24(2)22(28)25(3)20(18)27)23-21(26)29-14-17-7-5-4-6-8-17/h4-12H,13-14H2,1-3H3. The first-order chi connectivity index (χ1) is 14.0. The zero-order chi connectivity index (χ0) is 20.5. The van der Waals surface area contributed by atoms with E-state index in [1.54, 1.807) is 18.8 Å². The van der Waals surface area contributed by atoms with E-state index in [1.165, 1.54) is 22.7 Å². The fourth-order valence-electron chi connectivity index (χ4n) is 3.28. The highest BCUT2D eigenvalue weighted by atomic mass is 32.2. The van der Waals surface area contributed by atoms with Gasteiger partial charge in [-0.1, -0.05) is 71.9 Å². The minimum atomic E-state index is -0.373. The number of nitrogens with zero attached hydrogens (tertiary/aromatic N) is 4. The van der Waals surface area contributed by atoms with Gasteiger partial charge < -0.3 is 4.57 Å². The molecule has 7 heteroatoms. The molecule has 0 bridgehead atoms. The number of fused-ring (bicyclic) bond motifs is 1. The van der Waals surface area contributed by atoms with Crippen LogP contribution in [-0.4, -0.2) is 18.7 Å². The predicted molar refractivity (Wildman–Crippen MR) is 116 cm³/mol. The second-order valence-electron chi connectivity index (χ2n) is 7.12. The molecule has 6 nitrogen and oxygen atoms in total. The van der Waals surface area contributed by atoms with E-state index >= 15 is 0 Å². The van der Waals surface area contributed by atoms with Crippen LogP contribution in [0, 0.1) is 6.92 Å². The van der Waals surface area contributed by atoms with Crippen LogP contribution in [0.15, 0.2) is 69.3 Å². The van der Waals surface area contributed by atoms with Gasteiger partial charge in [-0.2, -0.15) is 0 Å². The van der Waals surface area contributed by atoms with E-state index < -0.39 is 0 Å². The lowest BCUT2D eigenvalue weighted by Crippen LogP contribution is -2.37. The normalized spacial score (nSPS) is 11.3. The molecule has 0 saturated heterocycles. The number of rotatable bonds is 5. The Balaban J connectivity index is 1.85. The molecule has 0 radical (unpaired) electrons. The summed E-state index contributed by atoms with van der Waals surface area (Å²) >= 11 is 1.57. The Morgan fingerprint density at radius 2 is 1.59 bits per heavy atom. The Morgan fingerprint density at radius 3 is 2.28 bits per heavy atom. The van der Waals surface area contributed by atoms with E-state index in [0.29, 0.717) is 17.7 Å². The number of hydrogen-bond donors (Lipinski definition) is 0. The number of aromatic nitrogens is 4. The van der Waals surface area contributed by atoms with Crippen molar-refractivity contribution in [3.8, 4) is 0 Å². The van der Waals surface area contributed by atoms with Crippen LogP contribution in [-0.2, 0) is 26.4 Å². The molecule has 0 aliphatic heterocycles. The van der Waals surface area contributed by atoms with Gasteiger partial charge in [-0.05, 0) is 18.1 Å². The SMILES string of the molecule is Cc1ccc(Cn2c(SCc3ccccc3)nc3c2c(=O)n(C)c(=O)n3C)cc1. The molecule has 0 spiro atoms. The van der Waals surface area contributed by atoms with Crippen LogP contribution in [0.5, 0.6) is 0 Å². The smallest absolute Gasteiger partial charge is 0.309 e. The van der Waals surface area contributed by atoms with Crippen molar-refractivity contribution in [1.82, 2.24) is 18.7 Å². The molecule has 0 fully saturated rings. The number of thioether (sulfide) groups is 1. The van der Waals surface area contributed by atoms with Crippen molar-refractivity contribution in [2.45, 2.75) is 24.4 Å². The Bertz CT molecular complexity index is 1290. The summed E-state index contributed by atoms with van der Waals surface area (Å²) < 4.78 is 4.51. The number of aryl methyl sites for hydroxylation is 2. The van der Waals surface area contributed by atoms with Crippen LogP contribution in [0.25, 0.3) is 11.2 Å². The third-order valence-electron chi connectivity index (χ3n) is 4.98. The van der Waals surface area contributed by atoms with Gasteiger partial charge in [0.2, 0.25) is 0 Å². The average Bonchev–Trinajstić information content (AvgIpc) is 3.10. The Labute approximate surface area is 172 Å². The summed E-state index contributed by atoms with van der Waals surface area (Å²) in [6.07, 6.45) is 0. The fraction of sp³-hybridized carbons (Fsp3) is 0.227. The molecule has 2 heterocycles. The lowest BCUT2D eigenvalue weighted by molar-refractivity contribution is 0.696. The fourth-order valence-corrected chi connectivity index (χ4v) is 4.23. The first-order valence-corrected chi connectivity index (χ1v) is 10.3. The molecule has 4 rings (SSSR count). The van der Waals surface area contributed by atoms with Crippen LogP contribution in [0.4, 0.5) is 0 Å². The van der Waals surface area contributed by atoms with E-state index in [-0.39, 0.29) is 11.2 Å². The number of benzene rings is 2.